The minimum atomic E-state index is -1.49. The van der Waals surface area contributed by atoms with Crippen molar-refractivity contribution in [3.05, 3.63) is 34.4 Å². The van der Waals surface area contributed by atoms with Crippen LogP contribution >= 0.6 is 0 Å². The first-order valence-electron chi connectivity index (χ1n) is 7.83. The minimum Gasteiger partial charge on any atom is -0.467 e. The Labute approximate surface area is 143 Å². The molecular weight excluding hydrogens is 310 g/mol. The van der Waals surface area contributed by atoms with Crippen molar-refractivity contribution in [1.29, 1.82) is 0 Å². The maximum atomic E-state index is 12.6. The third-order valence-corrected chi connectivity index (χ3v) is 4.29. The van der Waals surface area contributed by atoms with E-state index in [9.17, 15) is 14.8 Å². The number of nitrogens with zero attached hydrogens (tertiary/aromatic N) is 1. The zero-order valence-electron chi connectivity index (χ0n) is 15.3. The maximum absolute atomic E-state index is 12.6. The Morgan fingerprint density at radius 3 is 2.17 bits per heavy atom. The summed E-state index contributed by atoms with van der Waals surface area (Å²) in [5.74, 6) is -1.25. The van der Waals surface area contributed by atoms with Gasteiger partial charge in [0.25, 0.3) is 5.91 Å². The van der Waals surface area contributed by atoms with Crippen molar-refractivity contribution in [2.75, 3.05) is 20.8 Å². The molecule has 0 aliphatic heterocycles. The Bertz CT molecular complexity index is 590. The summed E-state index contributed by atoms with van der Waals surface area (Å²) in [5.41, 5.74) is 2.43. The number of carbonyl (C=O) groups is 2. The van der Waals surface area contributed by atoms with Crippen LogP contribution in [0.1, 0.15) is 35.6 Å². The number of methoxy groups -OCH3 is 2. The predicted molar refractivity (Wildman–Crippen MR) is 89.9 cm³/mol. The highest BCUT2D eigenvalue weighted by Gasteiger charge is 2.43. The van der Waals surface area contributed by atoms with Crippen molar-refractivity contribution in [1.82, 2.24) is 5.06 Å². The third-order valence-electron chi connectivity index (χ3n) is 4.29. The zero-order chi connectivity index (χ0) is 18.5. The number of hydrogen-bond donors (Lipinski definition) is 1. The second-order valence-electron chi connectivity index (χ2n) is 6.27. The molecule has 0 aliphatic rings. The van der Waals surface area contributed by atoms with E-state index in [0.717, 1.165) is 22.3 Å². The van der Waals surface area contributed by atoms with Crippen molar-refractivity contribution in [2.45, 2.75) is 46.1 Å². The number of rotatable bonds is 7. The molecule has 134 valence electrons. The van der Waals surface area contributed by atoms with E-state index in [2.05, 4.69) is 0 Å². The molecule has 0 aliphatic carbocycles. The fraction of sp³-hybridized carbons (Fsp3) is 0.556. The van der Waals surface area contributed by atoms with E-state index >= 15 is 0 Å². The van der Waals surface area contributed by atoms with Gasteiger partial charge in [0.05, 0.1) is 13.5 Å². The predicted octanol–water partition coefficient (Wildman–Crippen LogP) is 2.34. The van der Waals surface area contributed by atoms with Crippen LogP contribution < -0.4 is 0 Å². The van der Waals surface area contributed by atoms with E-state index in [0.29, 0.717) is 5.06 Å². The minimum absolute atomic E-state index is 0.00795. The highest BCUT2D eigenvalue weighted by Crippen LogP contribution is 2.23. The molecule has 0 spiro atoms. The molecule has 1 aromatic rings. The first-order valence-corrected chi connectivity index (χ1v) is 7.83. The van der Waals surface area contributed by atoms with Gasteiger partial charge in [0.2, 0.25) is 0 Å². The Morgan fingerprint density at radius 2 is 1.71 bits per heavy atom. The molecule has 1 amide bonds. The Kier molecular flexibility index (Phi) is 6.93. The fourth-order valence-corrected chi connectivity index (χ4v) is 2.81. The lowest BCUT2D eigenvalue weighted by molar-refractivity contribution is -0.206. The summed E-state index contributed by atoms with van der Waals surface area (Å²) >= 11 is 0. The van der Waals surface area contributed by atoms with Gasteiger partial charge in [-0.1, -0.05) is 17.7 Å². The van der Waals surface area contributed by atoms with Gasteiger partial charge < -0.3 is 9.47 Å². The normalized spacial score (nSPS) is 13.3. The van der Waals surface area contributed by atoms with Gasteiger partial charge >= 0.3 is 5.97 Å². The molecule has 24 heavy (non-hydrogen) atoms. The molecule has 0 saturated heterocycles. The number of amides is 1. The lowest BCUT2D eigenvalue weighted by Crippen LogP contribution is -2.55. The summed E-state index contributed by atoms with van der Waals surface area (Å²) in [6, 6.07) is 3.98. The molecule has 0 radical (unpaired) electrons. The molecule has 0 aromatic heterocycles. The number of aryl methyl sites for hydroxylation is 3. The van der Waals surface area contributed by atoms with Gasteiger partial charge in [-0.05, 0) is 44.4 Å². The number of ether oxygens (including phenoxy) is 2. The lowest BCUT2D eigenvalue weighted by atomic mass is 9.94. The van der Waals surface area contributed by atoms with E-state index in [1.807, 2.05) is 32.9 Å². The molecule has 0 saturated carbocycles. The van der Waals surface area contributed by atoms with Gasteiger partial charge in [-0.15, -0.1) is 0 Å². The molecule has 6 heteroatoms. The van der Waals surface area contributed by atoms with E-state index < -0.39 is 17.4 Å². The molecule has 1 N–H and O–H groups in total. The van der Waals surface area contributed by atoms with Crippen LogP contribution in [0.3, 0.4) is 0 Å². The van der Waals surface area contributed by atoms with Crippen molar-refractivity contribution < 1.29 is 24.3 Å². The Balaban J connectivity index is 3.06. The van der Waals surface area contributed by atoms with Crippen LogP contribution in [-0.2, 0) is 25.5 Å². The van der Waals surface area contributed by atoms with Crippen LogP contribution in [-0.4, -0.2) is 48.5 Å². The van der Waals surface area contributed by atoms with Gasteiger partial charge in [-0.3, -0.25) is 10.0 Å². The number of benzene rings is 1. The summed E-state index contributed by atoms with van der Waals surface area (Å²) in [6.45, 7) is 7.51. The average Bonchev–Trinajstić information content (AvgIpc) is 2.53. The monoisotopic (exact) mass is 337 g/mol. The summed E-state index contributed by atoms with van der Waals surface area (Å²) in [5, 5.41) is 10.9. The van der Waals surface area contributed by atoms with Crippen molar-refractivity contribution in [3.8, 4) is 0 Å². The first-order chi connectivity index (χ1) is 11.2. The molecule has 6 nitrogen and oxygen atoms in total. The molecule has 1 unspecified atom stereocenters. The molecule has 1 rings (SSSR count). The smallest absolute Gasteiger partial charge is 0.334 e. The highest BCUT2D eigenvalue weighted by molar-refractivity contribution is 5.88. The molecule has 1 atom stereocenters. The summed E-state index contributed by atoms with van der Waals surface area (Å²) in [7, 11) is 2.71. The summed E-state index contributed by atoms with van der Waals surface area (Å²) < 4.78 is 9.72. The Morgan fingerprint density at radius 1 is 1.17 bits per heavy atom. The Hall–Kier alpha value is -1.92. The quantitative estimate of drug-likeness (QED) is 0.469. The number of esters is 1. The molecule has 0 bridgehead atoms. The van der Waals surface area contributed by atoms with Crippen molar-refractivity contribution >= 4 is 11.9 Å². The molecule has 1 aromatic carbocycles. The zero-order valence-corrected chi connectivity index (χ0v) is 15.3. The van der Waals surface area contributed by atoms with Crippen molar-refractivity contribution in [3.63, 3.8) is 0 Å². The van der Waals surface area contributed by atoms with Crippen LogP contribution in [0.2, 0.25) is 0 Å². The summed E-state index contributed by atoms with van der Waals surface area (Å²) in [6.07, 6.45) is 0.137. The van der Waals surface area contributed by atoms with E-state index in [1.165, 1.54) is 21.1 Å². The number of carbonyl (C=O) groups excluding carboxylic acids is 2. The van der Waals surface area contributed by atoms with Crippen LogP contribution in [0, 0.1) is 20.8 Å². The number of hydrogen-bond acceptors (Lipinski definition) is 5. The second kappa shape index (κ2) is 8.26. The van der Waals surface area contributed by atoms with Crippen LogP contribution in [0.25, 0.3) is 0 Å². The van der Waals surface area contributed by atoms with Crippen LogP contribution in [0.5, 0.6) is 0 Å². The first kappa shape index (κ1) is 20.1. The van der Waals surface area contributed by atoms with E-state index in [4.69, 9.17) is 9.47 Å². The largest absolute Gasteiger partial charge is 0.467 e. The van der Waals surface area contributed by atoms with E-state index in [-0.39, 0.29) is 19.4 Å². The highest BCUT2D eigenvalue weighted by atomic mass is 16.6. The molecule has 0 heterocycles. The van der Waals surface area contributed by atoms with Crippen molar-refractivity contribution in [2.24, 2.45) is 0 Å². The number of hydroxylamine groups is 2. The fourth-order valence-electron chi connectivity index (χ4n) is 2.81. The average molecular weight is 337 g/mol. The lowest BCUT2D eigenvalue weighted by Gasteiger charge is -2.34. The van der Waals surface area contributed by atoms with Gasteiger partial charge in [0.15, 0.2) is 5.54 Å². The standard InChI is InChI=1S/C18H27NO5/c1-12-9-13(2)15(14(3)10-12)11-16(20)19(22)18(4,7-8-23-5)17(21)24-6/h9-10,22H,7-8,11H2,1-6H3. The topological polar surface area (TPSA) is 76.1 Å². The van der Waals surface area contributed by atoms with Gasteiger partial charge in [-0.2, -0.15) is 0 Å². The molecule has 0 fully saturated rings. The third kappa shape index (κ3) is 4.33. The van der Waals surface area contributed by atoms with E-state index in [1.54, 1.807) is 0 Å². The molecular formula is C18H27NO5. The van der Waals surface area contributed by atoms with Crippen LogP contribution in [0.4, 0.5) is 0 Å². The van der Waals surface area contributed by atoms with Gasteiger partial charge in [0.1, 0.15) is 0 Å². The van der Waals surface area contributed by atoms with Gasteiger partial charge in [-0.25, -0.2) is 9.86 Å². The maximum Gasteiger partial charge on any atom is 0.334 e. The second-order valence-corrected chi connectivity index (χ2v) is 6.27. The van der Waals surface area contributed by atoms with Gasteiger partial charge in [0, 0.05) is 20.1 Å². The summed E-state index contributed by atoms with van der Waals surface area (Å²) in [4.78, 5) is 24.6. The SMILES string of the molecule is COCCC(C)(C(=O)OC)N(O)C(=O)Cc1c(C)cc(C)cc1C. The van der Waals surface area contributed by atoms with Crippen LogP contribution in [0.15, 0.2) is 12.1 Å².